The van der Waals surface area contributed by atoms with E-state index in [1.54, 1.807) is 24.3 Å². The van der Waals surface area contributed by atoms with Crippen molar-refractivity contribution in [1.82, 2.24) is 0 Å². The smallest absolute Gasteiger partial charge is 0.164 e. The van der Waals surface area contributed by atoms with Gasteiger partial charge >= 0.3 is 0 Å². The summed E-state index contributed by atoms with van der Waals surface area (Å²) >= 11 is 7.52. The van der Waals surface area contributed by atoms with Crippen LogP contribution in [0.4, 0.5) is 10.1 Å². The van der Waals surface area contributed by atoms with E-state index < -0.39 is 9.84 Å². The Morgan fingerprint density at radius 1 is 1.12 bits per heavy atom. The van der Waals surface area contributed by atoms with Gasteiger partial charge in [0.1, 0.15) is 5.82 Å². The van der Waals surface area contributed by atoms with Crippen LogP contribution in [0.25, 0.3) is 0 Å². The van der Waals surface area contributed by atoms with Crippen molar-refractivity contribution in [2.45, 2.75) is 17.8 Å². The Labute approximate surface area is 161 Å². The van der Waals surface area contributed by atoms with Crippen molar-refractivity contribution in [3.8, 4) is 0 Å². The molecule has 2 heterocycles. The third-order valence-corrected chi connectivity index (χ3v) is 7.48. The van der Waals surface area contributed by atoms with Gasteiger partial charge in [-0.15, -0.1) is 0 Å². The molecule has 0 amide bonds. The Morgan fingerprint density at radius 2 is 1.81 bits per heavy atom. The number of rotatable bonds is 3. The van der Waals surface area contributed by atoms with Gasteiger partial charge in [-0.05, 0) is 42.0 Å². The van der Waals surface area contributed by atoms with Crippen molar-refractivity contribution >= 4 is 44.1 Å². The van der Waals surface area contributed by atoms with Crippen molar-refractivity contribution in [2.75, 3.05) is 16.4 Å². The molecule has 1 saturated heterocycles. The van der Waals surface area contributed by atoms with Crippen LogP contribution in [-0.2, 0) is 15.6 Å². The van der Waals surface area contributed by atoms with Crippen molar-refractivity contribution in [1.29, 1.82) is 0 Å². The fourth-order valence-electron chi connectivity index (χ4n) is 3.27. The minimum absolute atomic E-state index is 0.0857. The summed E-state index contributed by atoms with van der Waals surface area (Å²) in [4.78, 5) is 6.68. The molecule has 4 nitrogen and oxygen atoms in total. The highest BCUT2D eigenvalue weighted by atomic mass is 35.5. The van der Waals surface area contributed by atoms with Gasteiger partial charge in [-0.25, -0.2) is 12.8 Å². The molecule has 2 aliphatic rings. The lowest BCUT2D eigenvalue weighted by molar-refractivity contribution is 0.601. The summed E-state index contributed by atoms with van der Waals surface area (Å²) in [6, 6.07) is 13.3. The Morgan fingerprint density at radius 3 is 2.50 bits per heavy atom. The van der Waals surface area contributed by atoms with E-state index in [2.05, 4.69) is 4.99 Å². The molecule has 2 aliphatic heterocycles. The van der Waals surface area contributed by atoms with E-state index >= 15 is 0 Å². The van der Waals surface area contributed by atoms with E-state index in [1.165, 1.54) is 23.9 Å². The van der Waals surface area contributed by atoms with Gasteiger partial charge in [0.05, 0.1) is 23.6 Å². The topological polar surface area (TPSA) is 49.7 Å². The zero-order valence-electron chi connectivity index (χ0n) is 13.7. The highest BCUT2D eigenvalue weighted by Crippen LogP contribution is 2.36. The zero-order chi connectivity index (χ0) is 18.3. The number of thioether (sulfide) groups is 1. The second kappa shape index (κ2) is 6.87. The molecule has 0 bridgehead atoms. The van der Waals surface area contributed by atoms with Crippen molar-refractivity contribution in [3.05, 3.63) is 64.9 Å². The molecule has 0 radical (unpaired) electrons. The molecule has 2 aromatic carbocycles. The van der Waals surface area contributed by atoms with Crippen LogP contribution >= 0.6 is 23.4 Å². The molecule has 2 atom stereocenters. The molecule has 0 spiro atoms. The van der Waals surface area contributed by atoms with Crippen LogP contribution in [0, 0.1) is 5.82 Å². The molecule has 8 heteroatoms. The third-order valence-electron chi connectivity index (χ3n) is 4.49. The van der Waals surface area contributed by atoms with E-state index in [-0.39, 0.29) is 29.4 Å². The van der Waals surface area contributed by atoms with Gasteiger partial charge < -0.3 is 4.90 Å². The quantitative estimate of drug-likeness (QED) is 0.773. The van der Waals surface area contributed by atoms with Crippen molar-refractivity contribution in [2.24, 2.45) is 4.99 Å². The van der Waals surface area contributed by atoms with Crippen LogP contribution in [0.5, 0.6) is 0 Å². The Bertz CT molecular complexity index is 946. The molecule has 0 N–H and O–H groups in total. The fourth-order valence-corrected chi connectivity index (χ4v) is 6.31. The fraction of sp³-hybridized carbons (Fsp3) is 0.278. The van der Waals surface area contributed by atoms with Gasteiger partial charge in [0.25, 0.3) is 0 Å². The van der Waals surface area contributed by atoms with E-state index in [0.717, 1.165) is 16.4 Å². The minimum atomic E-state index is -3.08. The zero-order valence-corrected chi connectivity index (χ0v) is 16.1. The molecular formula is C18H16ClFN2O2S2. The monoisotopic (exact) mass is 410 g/mol. The van der Waals surface area contributed by atoms with Crippen LogP contribution < -0.4 is 4.90 Å². The first-order valence-electron chi connectivity index (χ1n) is 8.11. The largest absolute Gasteiger partial charge is 0.315 e. The number of amidine groups is 1. The van der Waals surface area contributed by atoms with Gasteiger partial charge in [0, 0.05) is 16.5 Å². The maximum Gasteiger partial charge on any atom is 0.164 e. The average Bonchev–Trinajstić information content (AvgIpc) is 3.06. The summed E-state index contributed by atoms with van der Waals surface area (Å²) in [6.45, 7) is 0. The molecule has 0 aromatic heterocycles. The van der Waals surface area contributed by atoms with Gasteiger partial charge in [0.2, 0.25) is 0 Å². The maximum atomic E-state index is 13.1. The van der Waals surface area contributed by atoms with Gasteiger partial charge in [-0.1, -0.05) is 35.5 Å². The summed E-state index contributed by atoms with van der Waals surface area (Å²) in [5.74, 6) is 0.557. The highest BCUT2D eigenvalue weighted by Gasteiger charge is 2.47. The molecule has 0 saturated carbocycles. The number of fused-ring (bicyclic) bond motifs is 1. The number of aliphatic imine (C=N–C) groups is 1. The molecule has 2 unspecified atom stereocenters. The minimum Gasteiger partial charge on any atom is -0.315 e. The second-order valence-electron chi connectivity index (χ2n) is 6.38. The van der Waals surface area contributed by atoms with Crippen LogP contribution in [0.1, 0.15) is 5.56 Å². The van der Waals surface area contributed by atoms with Crippen molar-refractivity contribution < 1.29 is 12.8 Å². The lowest BCUT2D eigenvalue weighted by Gasteiger charge is -2.26. The van der Waals surface area contributed by atoms with Crippen molar-refractivity contribution in [3.63, 3.8) is 0 Å². The van der Waals surface area contributed by atoms with E-state index in [4.69, 9.17) is 11.6 Å². The number of benzene rings is 2. The van der Waals surface area contributed by atoms with Gasteiger partial charge in [-0.2, -0.15) is 0 Å². The number of sulfone groups is 1. The molecule has 0 aliphatic carbocycles. The van der Waals surface area contributed by atoms with E-state index in [0.29, 0.717) is 10.8 Å². The first kappa shape index (κ1) is 17.8. The van der Waals surface area contributed by atoms with E-state index in [1.807, 2.05) is 17.0 Å². The number of hydrogen-bond acceptors (Lipinski definition) is 5. The van der Waals surface area contributed by atoms with Gasteiger partial charge in [0.15, 0.2) is 15.0 Å². The van der Waals surface area contributed by atoms with Crippen LogP contribution in [0.15, 0.2) is 53.5 Å². The molecule has 1 fully saturated rings. The molecular weight excluding hydrogens is 395 g/mol. The maximum absolute atomic E-state index is 13.1. The van der Waals surface area contributed by atoms with Crippen LogP contribution in [0.2, 0.25) is 5.02 Å². The predicted octanol–water partition coefficient (Wildman–Crippen LogP) is 3.75. The SMILES string of the molecule is O=S1(=O)CC2N=C(SCc3ccc(F)cc3)N(c3ccc(Cl)cc3)C2C1. The van der Waals surface area contributed by atoms with E-state index in [9.17, 15) is 12.8 Å². The Kier molecular flexibility index (Phi) is 4.71. The Balaban J connectivity index is 1.60. The predicted molar refractivity (Wildman–Crippen MR) is 105 cm³/mol. The van der Waals surface area contributed by atoms with Gasteiger partial charge in [-0.3, -0.25) is 4.99 Å². The molecule has 136 valence electrons. The number of anilines is 1. The number of hydrogen-bond donors (Lipinski definition) is 0. The number of nitrogens with zero attached hydrogens (tertiary/aromatic N) is 2. The first-order valence-corrected chi connectivity index (χ1v) is 11.3. The summed E-state index contributed by atoms with van der Waals surface area (Å²) < 4.78 is 37.1. The molecule has 26 heavy (non-hydrogen) atoms. The van der Waals surface area contributed by atoms with Crippen LogP contribution in [-0.4, -0.2) is 37.2 Å². The molecule has 4 rings (SSSR count). The lowest BCUT2D eigenvalue weighted by atomic mass is 10.1. The Hall–Kier alpha value is -1.57. The summed E-state index contributed by atoms with van der Waals surface area (Å²) in [7, 11) is -3.08. The normalized spacial score (nSPS) is 23.8. The lowest BCUT2D eigenvalue weighted by Crippen LogP contribution is -2.39. The average molecular weight is 411 g/mol. The summed E-state index contributed by atoms with van der Waals surface area (Å²) in [6.07, 6.45) is 0. The second-order valence-corrected chi connectivity index (χ2v) is 9.92. The molecule has 2 aromatic rings. The summed E-state index contributed by atoms with van der Waals surface area (Å²) in [5, 5.41) is 1.42. The van der Waals surface area contributed by atoms with Crippen LogP contribution in [0.3, 0.4) is 0 Å². The standard InChI is InChI=1S/C18H16ClFN2O2S2/c19-13-3-7-15(8-4-13)22-17-11-26(23,24)10-16(17)21-18(22)25-9-12-1-5-14(20)6-2-12/h1-8,16-17H,9-11H2. The number of halogens is 2. The third kappa shape index (κ3) is 3.61. The first-order chi connectivity index (χ1) is 12.4. The summed E-state index contributed by atoms with van der Waals surface area (Å²) in [5.41, 5.74) is 1.86. The highest BCUT2D eigenvalue weighted by molar-refractivity contribution is 8.13.